The molecule has 1 aromatic heterocycles. The van der Waals surface area contributed by atoms with Gasteiger partial charge < -0.3 is 14.6 Å². The van der Waals surface area contributed by atoms with Gasteiger partial charge >= 0.3 is 5.97 Å². The molecule has 1 aliphatic heterocycles. The number of hydrogen-bond acceptors (Lipinski definition) is 6. The van der Waals surface area contributed by atoms with Crippen LogP contribution >= 0.6 is 0 Å². The van der Waals surface area contributed by atoms with Gasteiger partial charge in [-0.3, -0.25) is 9.78 Å². The molecule has 176 valence electrons. The average Bonchev–Trinajstić information content (AvgIpc) is 2.85. The number of allylic oxidation sites excluding steroid dienone is 3. The molecule has 0 radical (unpaired) electrons. The van der Waals surface area contributed by atoms with E-state index in [0.29, 0.717) is 23.3 Å². The molecule has 0 fully saturated rings. The van der Waals surface area contributed by atoms with E-state index in [-0.39, 0.29) is 17.9 Å². The molecule has 1 N–H and O–H groups in total. The Balaban J connectivity index is 1.82. The summed E-state index contributed by atoms with van der Waals surface area (Å²) in [5.74, 6) is -0.628. The van der Waals surface area contributed by atoms with E-state index in [0.717, 1.165) is 12.0 Å². The van der Waals surface area contributed by atoms with Crippen LogP contribution in [0.3, 0.4) is 0 Å². The Morgan fingerprint density at radius 1 is 1.18 bits per heavy atom. The van der Waals surface area contributed by atoms with E-state index in [1.54, 1.807) is 30.3 Å². The molecule has 0 bridgehead atoms. The number of benzene rings is 1. The normalized spacial score (nSPS) is 16.3. The van der Waals surface area contributed by atoms with Gasteiger partial charge in [-0.1, -0.05) is 42.5 Å². The van der Waals surface area contributed by atoms with Crippen molar-refractivity contribution in [3.63, 3.8) is 0 Å². The molecule has 4 rings (SSSR count). The molecule has 1 atom stereocenters. The minimum Gasteiger partial charge on any atom is -0.481 e. The maximum Gasteiger partial charge on any atom is 0.307 e. The van der Waals surface area contributed by atoms with E-state index in [1.807, 2.05) is 18.2 Å². The second-order valence-electron chi connectivity index (χ2n) is 7.79. The van der Waals surface area contributed by atoms with Crippen molar-refractivity contribution in [3.8, 4) is 0 Å². The topological polar surface area (TPSA) is 106 Å². The minimum atomic E-state index is -4.04. The molecule has 1 aliphatic carbocycles. The lowest BCUT2D eigenvalue weighted by atomic mass is 9.96. The summed E-state index contributed by atoms with van der Waals surface area (Å²) < 4.78 is 40.2. The monoisotopic (exact) mass is 480 g/mol. The van der Waals surface area contributed by atoms with Crippen molar-refractivity contribution in [2.75, 3.05) is 0 Å². The Bertz CT molecular complexity index is 1270. The second kappa shape index (κ2) is 10.5. The number of pyridine rings is 1. The van der Waals surface area contributed by atoms with Crippen LogP contribution in [0.15, 0.2) is 102 Å². The highest BCUT2D eigenvalue weighted by molar-refractivity contribution is 7.89. The summed E-state index contributed by atoms with van der Waals surface area (Å²) in [6.07, 6.45) is 14.0. The number of sulfonamides is 1. The van der Waals surface area contributed by atoms with Gasteiger partial charge in [-0.15, -0.1) is 0 Å². The fraction of sp³-hybridized carbons (Fsp3) is 0.200. The average molecular weight is 481 g/mol. The molecule has 0 amide bonds. The van der Waals surface area contributed by atoms with E-state index < -0.39 is 22.0 Å². The first kappa shape index (κ1) is 23.5. The Morgan fingerprint density at radius 2 is 2.03 bits per heavy atom. The van der Waals surface area contributed by atoms with Crippen LogP contribution in [0.1, 0.15) is 24.0 Å². The first-order chi connectivity index (χ1) is 16.4. The predicted octanol–water partition coefficient (Wildman–Crippen LogP) is 3.90. The number of aromatic nitrogens is 1. The van der Waals surface area contributed by atoms with Crippen molar-refractivity contribution in [2.24, 2.45) is 0 Å². The smallest absolute Gasteiger partial charge is 0.307 e. The van der Waals surface area contributed by atoms with Gasteiger partial charge in [0.2, 0.25) is 10.0 Å². The second-order valence-corrected chi connectivity index (χ2v) is 9.68. The molecular formula is C25H24N2O6S. The number of carbonyl (C=O) groups is 1. The van der Waals surface area contributed by atoms with Gasteiger partial charge in [-0.2, -0.15) is 4.31 Å². The van der Waals surface area contributed by atoms with Crippen LogP contribution in [0.4, 0.5) is 0 Å². The molecule has 0 spiro atoms. The molecule has 9 heteroatoms. The van der Waals surface area contributed by atoms with Gasteiger partial charge in [-0.05, 0) is 41.7 Å². The number of carboxylic acids is 1. The van der Waals surface area contributed by atoms with Gasteiger partial charge in [-0.25, -0.2) is 8.42 Å². The highest BCUT2D eigenvalue weighted by Crippen LogP contribution is 2.33. The van der Waals surface area contributed by atoms with Gasteiger partial charge in [0.1, 0.15) is 29.7 Å². The van der Waals surface area contributed by atoms with E-state index in [4.69, 9.17) is 9.47 Å². The third-order valence-electron chi connectivity index (χ3n) is 5.40. The zero-order valence-electron chi connectivity index (χ0n) is 18.3. The van der Waals surface area contributed by atoms with Crippen molar-refractivity contribution in [2.45, 2.75) is 36.7 Å². The summed E-state index contributed by atoms with van der Waals surface area (Å²) in [6.45, 7) is -0.0131. The molecule has 2 aromatic rings. The van der Waals surface area contributed by atoms with Gasteiger partial charge in [0, 0.05) is 18.9 Å². The standard InChI is InChI=1S/C25H24N2O6S/c28-24(29)15-19-6-4-7-20(14-19)17-27(34(30,31)22-10-5-11-26-16-22)25(21-8-2-1-3-9-21)23-18-32-12-13-33-23/h1-2,4-8,10-14,16,18,25H,3,9,15,17H2,(H,28,29). The fourth-order valence-electron chi connectivity index (χ4n) is 3.90. The van der Waals surface area contributed by atoms with Crippen molar-refractivity contribution >= 4 is 16.0 Å². The number of aliphatic carboxylic acids is 1. The lowest BCUT2D eigenvalue weighted by Gasteiger charge is -2.34. The molecule has 2 heterocycles. The fourth-order valence-corrected chi connectivity index (χ4v) is 5.45. The maximum atomic E-state index is 13.9. The molecule has 0 saturated heterocycles. The summed E-state index contributed by atoms with van der Waals surface area (Å²) in [5.41, 5.74) is 2.08. The lowest BCUT2D eigenvalue weighted by molar-refractivity contribution is -0.136. The SMILES string of the molecule is O=C(O)Cc1cccc(CN(C(C2=CC=CCC2)C2=COC=CO2)S(=O)(=O)c2cccnc2)c1. The zero-order valence-corrected chi connectivity index (χ0v) is 19.1. The number of nitrogens with zero attached hydrogens (tertiary/aromatic N) is 2. The third-order valence-corrected chi connectivity index (χ3v) is 7.20. The van der Waals surface area contributed by atoms with Gasteiger partial charge in [0.05, 0.1) is 6.42 Å². The molecule has 1 aromatic carbocycles. The minimum absolute atomic E-state index is 0.0131. The number of carboxylic acid groups (broad SMARTS) is 1. The highest BCUT2D eigenvalue weighted by Gasteiger charge is 2.38. The van der Waals surface area contributed by atoms with E-state index >= 15 is 0 Å². The van der Waals surface area contributed by atoms with Crippen LogP contribution in [0.5, 0.6) is 0 Å². The quantitative estimate of drug-likeness (QED) is 0.580. The van der Waals surface area contributed by atoms with Crippen molar-refractivity contribution in [1.82, 2.24) is 9.29 Å². The van der Waals surface area contributed by atoms with E-state index in [1.165, 1.54) is 41.6 Å². The van der Waals surface area contributed by atoms with Crippen LogP contribution < -0.4 is 0 Å². The molecule has 8 nitrogen and oxygen atoms in total. The number of hydrogen-bond donors (Lipinski definition) is 1. The highest BCUT2D eigenvalue weighted by atomic mass is 32.2. The van der Waals surface area contributed by atoms with E-state index in [9.17, 15) is 18.3 Å². The van der Waals surface area contributed by atoms with Gasteiger partial charge in [0.15, 0.2) is 5.76 Å². The first-order valence-corrected chi connectivity index (χ1v) is 12.1. The molecule has 1 unspecified atom stereocenters. The summed E-state index contributed by atoms with van der Waals surface area (Å²) in [7, 11) is -4.04. The number of ether oxygens (including phenoxy) is 2. The largest absolute Gasteiger partial charge is 0.481 e. The molecular weight excluding hydrogens is 456 g/mol. The lowest BCUT2D eigenvalue weighted by Crippen LogP contribution is -2.43. The van der Waals surface area contributed by atoms with Crippen LogP contribution in [0.2, 0.25) is 0 Å². The first-order valence-electron chi connectivity index (χ1n) is 10.7. The third kappa shape index (κ3) is 5.44. The Morgan fingerprint density at radius 3 is 2.71 bits per heavy atom. The van der Waals surface area contributed by atoms with Crippen LogP contribution in [0, 0.1) is 0 Å². The predicted molar refractivity (Wildman–Crippen MR) is 124 cm³/mol. The molecule has 0 saturated carbocycles. The van der Waals surface area contributed by atoms with Crippen molar-refractivity contribution in [1.29, 1.82) is 0 Å². The zero-order chi connectivity index (χ0) is 24.0. The summed E-state index contributed by atoms with van der Waals surface area (Å²) in [5, 5.41) is 9.17. The number of rotatable bonds is 9. The van der Waals surface area contributed by atoms with Crippen LogP contribution in [0.25, 0.3) is 0 Å². The summed E-state index contributed by atoms with van der Waals surface area (Å²) >= 11 is 0. The Kier molecular flexibility index (Phi) is 7.24. The maximum absolute atomic E-state index is 13.9. The molecule has 2 aliphatic rings. The van der Waals surface area contributed by atoms with Gasteiger partial charge in [0.25, 0.3) is 0 Å². The summed E-state index contributed by atoms with van der Waals surface area (Å²) in [6, 6.07) is 9.20. The van der Waals surface area contributed by atoms with E-state index in [2.05, 4.69) is 4.98 Å². The van der Waals surface area contributed by atoms with Crippen molar-refractivity contribution < 1.29 is 27.8 Å². The Hall–Kier alpha value is -3.69. The summed E-state index contributed by atoms with van der Waals surface area (Å²) in [4.78, 5) is 15.2. The molecule has 34 heavy (non-hydrogen) atoms. The Labute approximate surface area is 198 Å². The van der Waals surface area contributed by atoms with Crippen molar-refractivity contribution in [3.05, 3.63) is 108 Å². The van der Waals surface area contributed by atoms with Crippen LogP contribution in [-0.2, 0) is 37.3 Å². The van der Waals surface area contributed by atoms with Crippen LogP contribution in [-0.4, -0.2) is 34.8 Å².